The minimum atomic E-state index is -4.24. The summed E-state index contributed by atoms with van der Waals surface area (Å²) in [6, 6.07) is 17.4. The number of aromatic nitrogens is 4. The minimum Gasteiger partial charge on any atom is -0.477 e. The summed E-state index contributed by atoms with van der Waals surface area (Å²) in [7, 11) is 3.53. The summed E-state index contributed by atoms with van der Waals surface area (Å²) in [5.41, 5.74) is 0.122. The van der Waals surface area contributed by atoms with Crippen molar-refractivity contribution in [3.05, 3.63) is 88.7 Å². The van der Waals surface area contributed by atoms with Crippen molar-refractivity contribution in [3.63, 3.8) is 0 Å². The zero-order chi connectivity index (χ0) is 38.7. The Kier molecular flexibility index (Phi) is 11.8. The van der Waals surface area contributed by atoms with Crippen molar-refractivity contribution in [1.29, 1.82) is 0 Å². The van der Waals surface area contributed by atoms with Gasteiger partial charge in [-0.25, -0.2) is 19.4 Å². The maximum atomic E-state index is 13.2. The Bertz CT molecular complexity index is 1960. The average molecular weight is 786 g/mol. The zero-order valence-electron chi connectivity index (χ0n) is 30.5. The molecule has 1 saturated carbocycles. The molecule has 6 rings (SSSR count). The van der Waals surface area contributed by atoms with Crippen molar-refractivity contribution in [3.8, 4) is 11.7 Å². The van der Waals surface area contributed by atoms with E-state index in [9.17, 15) is 22.8 Å². The van der Waals surface area contributed by atoms with Crippen LogP contribution in [0.15, 0.2) is 71.9 Å². The molecule has 16 heteroatoms. The van der Waals surface area contributed by atoms with Crippen LogP contribution in [0.3, 0.4) is 0 Å². The van der Waals surface area contributed by atoms with E-state index in [4.69, 9.17) is 26.1 Å². The lowest BCUT2D eigenvalue weighted by Crippen LogP contribution is -2.34. The molecule has 0 bridgehead atoms. The Labute approximate surface area is 321 Å². The molecule has 2 unspecified atom stereocenters. The van der Waals surface area contributed by atoms with Crippen LogP contribution in [0, 0.1) is 11.3 Å². The van der Waals surface area contributed by atoms with Gasteiger partial charge in [0.25, 0.3) is 5.91 Å². The van der Waals surface area contributed by atoms with Crippen LogP contribution in [0.1, 0.15) is 84.7 Å². The van der Waals surface area contributed by atoms with Crippen LogP contribution in [0.5, 0.6) is 5.88 Å². The molecule has 1 amide bonds. The summed E-state index contributed by atoms with van der Waals surface area (Å²) in [6.07, 6.45) is 0.371. The Balaban J connectivity index is 1.06. The monoisotopic (exact) mass is 785 g/mol. The SMILES string of the molecule is COC(=O)c1ccc(C(CCC2CN(C)C(C)(C)C2)Nc2cccc(SNC(=O)c3ccc(-n4ccc(OCCC5(C(F)(F)F)CC5)n4)nc3Cl)n2)cc1. The van der Waals surface area contributed by atoms with Gasteiger partial charge in [0, 0.05) is 36.3 Å². The number of alkyl halides is 3. The maximum Gasteiger partial charge on any atom is 0.394 e. The van der Waals surface area contributed by atoms with E-state index in [-0.39, 0.29) is 54.0 Å². The van der Waals surface area contributed by atoms with Crippen LogP contribution in [-0.2, 0) is 4.74 Å². The van der Waals surface area contributed by atoms with Gasteiger partial charge in [-0.2, -0.15) is 13.2 Å². The highest BCUT2D eigenvalue weighted by atomic mass is 35.5. The number of methoxy groups -OCH3 is 1. The minimum absolute atomic E-state index is 0.0642. The molecule has 0 radical (unpaired) electrons. The van der Waals surface area contributed by atoms with Crippen LogP contribution in [0.2, 0.25) is 5.15 Å². The van der Waals surface area contributed by atoms with Gasteiger partial charge in [-0.3, -0.25) is 9.52 Å². The Morgan fingerprint density at radius 3 is 2.48 bits per heavy atom. The predicted octanol–water partition coefficient (Wildman–Crippen LogP) is 8.31. The largest absolute Gasteiger partial charge is 0.477 e. The number of hydrogen-bond acceptors (Lipinski definition) is 10. The number of nitrogens with zero attached hydrogens (tertiary/aromatic N) is 5. The lowest BCUT2D eigenvalue weighted by Gasteiger charge is -2.26. The number of hydrogen-bond donors (Lipinski definition) is 2. The maximum absolute atomic E-state index is 13.2. The highest BCUT2D eigenvalue weighted by Gasteiger charge is 2.62. The van der Waals surface area contributed by atoms with Gasteiger partial charge >= 0.3 is 12.1 Å². The number of ether oxygens (including phenoxy) is 2. The van der Waals surface area contributed by atoms with Crippen LogP contribution < -0.4 is 14.8 Å². The molecule has 3 aromatic heterocycles. The summed E-state index contributed by atoms with van der Waals surface area (Å²) in [6.45, 7) is 5.46. The lowest BCUT2D eigenvalue weighted by molar-refractivity contribution is -0.190. The fourth-order valence-electron chi connectivity index (χ4n) is 6.74. The molecule has 2 fully saturated rings. The first-order valence-electron chi connectivity index (χ1n) is 17.7. The van der Waals surface area contributed by atoms with Crippen LogP contribution in [-0.4, -0.2) is 75.5 Å². The second-order valence-electron chi connectivity index (χ2n) is 14.5. The first kappa shape index (κ1) is 39.4. The molecular formula is C38H43ClF3N7O4S. The molecule has 1 aliphatic heterocycles. The average Bonchev–Trinajstić information content (AvgIpc) is 3.72. The third-order valence-corrected chi connectivity index (χ3v) is 11.4. The van der Waals surface area contributed by atoms with E-state index >= 15 is 0 Å². The number of carbonyl (C=O) groups excluding carboxylic acids is 2. The van der Waals surface area contributed by atoms with E-state index in [1.807, 2.05) is 24.3 Å². The molecule has 2 aliphatic rings. The molecule has 4 aromatic rings. The third kappa shape index (κ3) is 9.29. The molecule has 288 valence electrons. The van der Waals surface area contributed by atoms with E-state index < -0.39 is 23.5 Å². The number of carbonyl (C=O) groups is 2. The molecule has 2 atom stereocenters. The van der Waals surface area contributed by atoms with Crippen molar-refractivity contribution >= 4 is 41.2 Å². The number of rotatable bonds is 15. The van der Waals surface area contributed by atoms with Gasteiger partial charge in [-0.1, -0.05) is 29.8 Å². The van der Waals surface area contributed by atoms with Crippen molar-refractivity contribution in [2.75, 3.05) is 32.6 Å². The van der Waals surface area contributed by atoms with Crippen molar-refractivity contribution in [2.45, 2.75) is 75.2 Å². The Morgan fingerprint density at radius 2 is 1.83 bits per heavy atom. The Hall–Kier alpha value is -4.34. The summed E-state index contributed by atoms with van der Waals surface area (Å²) in [4.78, 5) is 36.6. The second-order valence-corrected chi connectivity index (χ2v) is 15.7. The predicted molar refractivity (Wildman–Crippen MR) is 200 cm³/mol. The number of amides is 1. The molecule has 4 heterocycles. The van der Waals surface area contributed by atoms with Gasteiger partial charge in [0.2, 0.25) is 5.88 Å². The van der Waals surface area contributed by atoms with Crippen LogP contribution in [0.25, 0.3) is 5.82 Å². The summed E-state index contributed by atoms with van der Waals surface area (Å²) < 4.78 is 54.1. The standard InChI is InChI=1S/C38H43ClF3N7O4S/c1-36(2)22-24(23-48(36)3)8-14-28(25-9-11-26(12-10-25)35(51)52-4)43-29-6-5-7-32(44-29)54-47-34(50)27-13-15-30(45-33(27)39)49-20-16-31(46-49)53-21-19-37(17-18-37)38(40,41)42/h5-7,9-13,15-16,20,24,28H,8,14,17-19,21-23H2,1-4H3,(H,43,44)(H,47,50). The van der Waals surface area contributed by atoms with Crippen molar-refractivity contribution in [2.24, 2.45) is 11.3 Å². The molecule has 1 aliphatic carbocycles. The van der Waals surface area contributed by atoms with Crippen molar-refractivity contribution in [1.82, 2.24) is 29.4 Å². The number of benzene rings is 1. The molecule has 1 saturated heterocycles. The van der Waals surface area contributed by atoms with Crippen LogP contribution in [0.4, 0.5) is 19.0 Å². The number of esters is 1. The van der Waals surface area contributed by atoms with E-state index in [2.05, 4.69) is 45.9 Å². The number of likely N-dealkylation sites (tertiary alicyclic amines) is 1. The fourth-order valence-corrected chi connectivity index (χ4v) is 7.58. The van der Waals surface area contributed by atoms with Gasteiger partial charge in [-0.05, 0) is 107 Å². The Morgan fingerprint density at radius 1 is 1.07 bits per heavy atom. The first-order valence-corrected chi connectivity index (χ1v) is 18.9. The van der Waals surface area contributed by atoms with Crippen molar-refractivity contribution < 1.29 is 32.2 Å². The fraction of sp³-hybridized carbons (Fsp3) is 0.447. The van der Waals surface area contributed by atoms with E-state index in [1.165, 1.54) is 23.9 Å². The van der Waals surface area contributed by atoms with Gasteiger partial charge in [0.1, 0.15) is 16.0 Å². The van der Waals surface area contributed by atoms with E-state index in [0.717, 1.165) is 43.3 Å². The van der Waals surface area contributed by atoms with E-state index in [0.29, 0.717) is 28.1 Å². The van der Waals surface area contributed by atoms with Gasteiger partial charge in [0.05, 0.1) is 36.3 Å². The summed E-state index contributed by atoms with van der Waals surface area (Å²) in [5.74, 6) is 0.748. The quantitative estimate of drug-likeness (QED) is 0.0691. The number of halogens is 4. The zero-order valence-corrected chi connectivity index (χ0v) is 32.0. The smallest absolute Gasteiger partial charge is 0.394 e. The lowest BCUT2D eigenvalue weighted by atomic mass is 9.90. The third-order valence-electron chi connectivity index (χ3n) is 10.4. The van der Waals surface area contributed by atoms with Gasteiger partial charge in [-0.15, -0.1) is 5.10 Å². The summed E-state index contributed by atoms with van der Waals surface area (Å²) >= 11 is 7.44. The second kappa shape index (κ2) is 16.2. The highest BCUT2D eigenvalue weighted by Crippen LogP contribution is 2.59. The first-order chi connectivity index (χ1) is 25.7. The highest BCUT2D eigenvalue weighted by molar-refractivity contribution is 7.97. The number of pyridine rings is 2. The topological polar surface area (TPSA) is 124 Å². The molecule has 11 nitrogen and oxygen atoms in total. The molecule has 0 spiro atoms. The van der Waals surface area contributed by atoms with Gasteiger partial charge < -0.3 is 19.7 Å². The molecule has 54 heavy (non-hydrogen) atoms. The normalized spacial score (nSPS) is 18.2. The van der Waals surface area contributed by atoms with Gasteiger partial charge in [0.15, 0.2) is 5.82 Å². The van der Waals surface area contributed by atoms with E-state index in [1.54, 1.807) is 30.5 Å². The van der Waals surface area contributed by atoms with Crippen LogP contribution >= 0.6 is 23.5 Å². The number of nitrogens with one attached hydrogen (secondary N) is 2. The number of anilines is 1. The molecule has 1 aromatic carbocycles. The molecular weight excluding hydrogens is 743 g/mol. The molecule has 2 N–H and O–H groups in total. The summed E-state index contributed by atoms with van der Waals surface area (Å²) in [5, 5.41) is 8.28.